The van der Waals surface area contributed by atoms with Gasteiger partial charge >= 0.3 is 6.09 Å². The Morgan fingerprint density at radius 3 is 2.34 bits per heavy atom. The highest BCUT2D eigenvalue weighted by Gasteiger charge is 2.44. The molecule has 3 fully saturated rings. The largest absolute Gasteiger partial charge is 0.446 e. The molecule has 0 radical (unpaired) electrons. The van der Waals surface area contributed by atoms with E-state index in [0.717, 1.165) is 119 Å². The predicted octanol–water partition coefficient (Wildman–Crippen LogP) is 6.84. The van der Waals surface area contributed by atoms with Crippen LogP contribution < -0.4 is 21.3 Å². The summed E-state index contributed by atoms with van der Waals surface area (Å²) in [4.78, 5) is 74.4. The van der Waals surface area contributed by atoms with Gasteiger partial charge in [-0.15, -0.1) is 11.3 Å². The Balaban J connectivity index is 0.729. The van der Waals surface area contributed by atoms with E-state index in [-0.39, 0.29) is 38.1 Å². The number of aliphatic hydroxyl groups is 1. The van der Waals surface area contributed by atoms with E-state index < -0.39 is 41.5 Å². The van der Waals surface area contributed by atoms with Crippen molar-refractivity contribution in [2.24, 2.45) is 5.41 Å². The van der Waals surface area contributed by atoms with E-state index in [4.69, 9.17) is 14.5 Å². The van der Waals surface area contributed by atoms with Gasteiger partial charge in [0.25, 0.3) is 0 Å². The number of nitrogens with one attached hydrogen (secondary N) is 4. The number of rotatable bonds is 18. The number of aromatic nitrogens is 3. The molecule has 3 aromatic heterocycles. The standard InChI is InChI=1S/C52H68N10O7S2/c1-33-42(58-51(67)69-40-9-7-6-8-10-40)25-38(29-54-33)37-15-16-41-44(26-37)71-50(57-41)53-17-18-60-19-21-61(22-20-60)23-24-68-31-45(64)59-47(52(3,4)5)49(66)62-30-39(63)27-43(62)48(65)55-28-35-11-13-36(14-12-35)46-34(2)56-32-70-46/h11-16,25-26,29,32,39-40,43,47,63H,6-10,17-24,27-28,30-31H2,1-5H3,(H,53,57)(H,55,65)(H,58,67)(H,59,64)/t39-,43+,47-/m1/s1. The van der Waals surface area contributed by atoms with Crippen molar-refractivity contribution in [2.45, 2.75) is 104 Å². The number of fused-ring (bicyclic) bond motifs is 1. The number of hydrogen-bond acceptors (Lipinski definition) is 15. The molecule has 17 nitrogen and oxygen atoms in total. The lowest BCUT2D eigenvalue weighted by Gasteiger charge is -2.35. The number of aryl methyl sites for hydroxylation is 2. The quantitative estimate of drug-likeness (QED) is 0.0572. The molecule has 2 saturated heterocycles. The summed E-state index contributed by atoms with van der Waals surface area (Å²) in [5.41, 5.74) is 8.26. The number of β-amino-alcohol motifs (C(OH)–C–C–N with tert-alkyl or cyclic N) is 1. The molecule has 380 valence electrons. The maximum absolute atomic E-state index is 14.1. The highest BCUT2D eigenvalue weighted by Crippen LogP contribution is 2.33. The van der Waals surface area contributed by atoms with Crippen LogP contribution in [0.25, 0.3) is 31.8 Å². The summed E-state index contributed by atoms with van der Waals surface area (Å²) in [5, 5.41) is 23.7. The average molecular weight is 1010 g/mol. The second-order valence-corrected chi connectivity index (χ2v) is 21.8. The Kier molecular flexibility index (Phi) is 17.3. The van der Waals surface area contributed by atoms with Crippen LogP contribution in [0.2, 0.25) is 0 Å². The van der Waals surface area contributed by atoms with Crippen LogP contribution in [0.3, 0.4) is 0 Å². The first-order valence-corrected chi connectivity index (χ1v) is 26.5. The highest BCUT2D eigenvalue weighted by molar-refractivity contribution is 7.22. The van der Waals surface area contributed by atoms with E-state index >= 15 is 0 Å². The zero-order chi connectivity index (χ0) is 50.1. The third kappa shape index (κ3) is 13.9. The van der Waals surface area contributed by atoms with Crippen LogP contribution in [0.4, 0.5) is 15.6 Å². The van der Waals surface area contributed by atoms with Gasteiger partial charge in [0.1, 0.15) is 24.8 Å². The van der Waals surface area contributed by atoms with Crippen molar-refractivity contribution in [1.29, 1.82) is 0 Å². The van der Waals surface area contributed by atoms with Gasteiger partial charge in [-0.05, 0) is 79.8 Å². The number of aliphatic hydroxyl groups excluding tert-OH is 1. The van der Waals surface area contributed by atoms with Crippen LogP contribution in [-0.4, -0.2) is 148 Å². The molecule has 19 heteroatoms. The number of pyridine rings is 1. The maximum Gasteiger partial charge on any atom is 0.411 e. The first-order chi connectivity index (χ1) is 34.2. The Morgan fingerprint density at radius 1 is 0.887 bits per heavy atom. The molecule has 0 bridgehead atoms. The van der Waals surface area contributed by atoms with Crippen molar-refractivity contribution in [3.05, 3.63) is 77.2 Å². The Bertz CT molecular complexity index is 2620. The Hall–Kier alpha value is -5.57. The van der Waals surface area contributed by atoms with E-state index in [1.807, 2.05) is 88.8 Å². The minimum absolute atomic E-state index is 0.00350. The van der Waals surface area contributed by atoms with Crippen LogP contribution in [0.1, 0.15) is 76.2 Å². The lowest BCUT2D eigenvalue weighted by Crippen LogP contribution is -2.58. The van der Waals surface area contributed by atoms with E-state index in [2.05, 4.69) is 47.1 Å². The van der Waals surface area contributed by atoms with E-state index in [0.29, 0.717) is 18.8 Å². The smallest absolute Gasteiger partial charge is 0.411 e. The van der Waals surface area contributed by atoms with Gasteiger partial charge in [-0.2, -0.15) is 0 Å². The third-order valence-electron chi connectivity index (χ3n) is 13.5. The number of nitrogens with zero attached hydrogens (tertiary/aromatic N) is 6. The molecule has 3 atom stereocenters. The van der Waals surface area contributed by atoms with Gasteiger partial charge in [-0.1, -0.05) is 68.9 Å². The molecule has 1 aliphatic carbocycles. The number of anilines is 2. The van der Waals surface area contributed by atoms with Crippen molar-refractivity contribution in [3.8, 4) is 21.6 Å². The third-order valence-corrected chi connectivity index (χ3v) is 15.5. The molecule has 2 aromatic carbocycles. The molecule has 8 rings (SSSR count). The second-order valence-electron chi connectivity index (χ2n) is 20.0. The SMILES string of the molecule is Cc1ncc(-c2ccc3nc(NCCN4CCN(CCOCC(=O)N[C@H](C(=O)N5C[C@H](O)C[C@H]5C(=O)NCc5ccc(-c6scnc6C)cc5)C(C)(C)C)CC4)sc3c2)cc1NC(=O)OC1CCCCC1. The minimum atomic E-state index is -0.933. The molecule has 71 heavy (non-hydrogen) atoms. The number of amides is 4. The van der Waals surface area contributed by atoms with Gasteiger partial charge in [0.2, 0.25) is 17.7 Å². The normalized spacial score (nSPS) is 18.6. The monoisotopic (exact) mass is 1010 g/mol. The molecule has 5 N–H and O–H groups in total. The summed E-state index contributed by atoms with van der Waals surface area (Å²) in [6, 6.07) is 14.2. The second kappa shape index (κ2) is 23.8. The molecular weight excluding hydrogens is 941 g/mol. The van der Waals surface area contributed by atoms with Crippen LogP contribution in [-0.2, 0) is 30.4 Å². The van der Waals surface area contributed by atoms with E-state index in [1.54, 1.807) is 22.7 Å². The molecule has 0 spiro atoms. The van der Waals surface area contributed by atoms with Crippen LogP contribution >= 0.6 is 22.7 Å². The number of likely N-dealkylation sites (tertiary alicyclic amines) is 1. The minimum Gasteiger partial charge on any atom is -0.446 e. The fourth-order valence-electron chi connectivity index (χ4n) is 9.37. The number of carbonyl (C=O) groups is 4. The highest BCUT2D eigenvalue weighted by atomic mass is 32.1. The summed E-state index contributed by atoms with van der Waals surface area (Å²) in [6.45, 7) is 15.8. The van der Waals surface area contributed by atoms with Crippen LogP contribution in [0, 0.1) is 19.3 Å². The summed E-state index contributed by atoms with van der Waals surface area (Å²) < 4.78 is 12.5. The first kappa shape index (κ1) is 51.8. The van der Waals surface area contributed by atoms with Crippen molar-refractivity contribution < 1.29 is 33.8 Å². The molecule has 0 unspecified atom stereocenters. The molecule has 3 aliphatic rings. The van der Waals surface area contributed by atoms with Gasteiger partial charge in [-0.25, -0.2) is 14.8 Å². The zero-order valence-corrected chi connectivity index (χ0v) is 43.1. The number of hydrogen-bond donors (Lipinski definition) is 5. The zero-order valence-electron chi connectivity index (χ0n) is 41.5. The van der Waals surface area contributed by atoms with Gasteiger partial charge in [0, 0.05) is 77.1 Å². The number of carbonyl (C=O) groups excluding carboxylic acids is 4. The van der Waals surface area contributed by atoms with Crippen LogP contribution in [0.5, 0.6) is 0 Å². The molecule has 2 aliphatic heterocycles. The Labute approximate surface area is 424 Å². The van der Waals surface area contributed by atoms with E-state index in [1.165, 1.54) is 11.3 Å². The van der Waals surface area contributed by atoms with Crippen molar-refractivity contribution in [3.63, 3.8) is 0 Å². The van der Waals surface area contributed by atoms with Crippen molar-refractivity contribution in [1.82, 2.24) is 40.3 Å². The number of thiazole rings is 2. The summed E-state index contributed by atoms with van der Waals surface area (Å²) in [7, 11) is 0. The topological polar surface area (TPSA) is 203 Å². The van der Waals surface area contributed by atoms with Gasteiger partial charge in [-0.3, -0.25) is 34.5 Å². The van der Waals surface area contributed by atoms with Crippen molar-refractivity contribution in [2.75, 3.05) is 76.2 Å². The number of piperazine rings is 1. The molecular formula is C52H68N10O7S2. The fraction of sp³-hybridized carbons (Fsp3) is 0.519. The molecule has 4 amide bonds. The molecule has 5 aromatic rings. The Morgan fingerprint density at radius 2 is 1.62 bits per heavy atom. The predicted molar refractivity (Wildman–Crippen MR) is 278 cm³/mol. The van der Waals surface area contributed by atoms with Gasteiger partial charge < -0.3 is 35.4 Å². The summed E-state index contributed by atoms with van der Waals surface area (Å²) >= 11 is 3.19. The fourth-order valence-corrected chi connectivity index (χ4v) is 11.1. The molecule has 1 saturated carbocycles. The molecule has 5 heterocycles. The first-order valence-electron chi connectivity index (χ1n) is 24.8. The lowest BCUT2D eigenvalue weighted by atomic mass is 9.85. The lowest BCUT2D eigenvalue weighted by molar-refractivity contribution is -0.144. The maximum atomic E-state index is 14.1. The van der Waals surface area contributed by atoms with E-state index in [9.17, 15) is 24.3 Å². The average Bonchev–Trinajstić information content (AvgIpc) is 4.10. The van der Waals surface area contributed by atoms with Crippen molar-refractivity contribution >= 4 is 67.5 Å². The van der Waals surface area contributed by atoms with Gasteiger partial charge in [0.15, 0.2) is 5.13 Å². The summed E-state index contributed by atoms with van der Waals surface area (Å²) in [6.07, 6.45) is 5.84. The number of benzene rings is 2. The number of ether oxygens (including phenoxy) is 2. The summed E-state index contributed by atoms with van der Waals surface area (Å²) in [5.74, 6) is -1.18. The van der Waals surface area contributed by atoms with Crippen LogP contribution in [0.15, 0.2) is 60.2 Å². The van der Waals surface area contributed by atoms with Gasteiger partial charge in [0.05, 0.1) is 50.4 Å².